The molecule has 0 aliphatic carbocycles. The summed E-state index contributed by atoms with van der Waals surface area (Å²) >= 11 is 0. The molecule has 1 aliphatic rings. The molecule has 1 aromatic heterocycles. The summed E-state index contributed by atoms with van der Waals surface area (Å²) in [5, 5.41) is 3.65. The fraction of sp³-hybridized carbons (Fsp3) is 0.371. The van der Waals surface area contributed by atoms with Crippen molar-refractivity contribution in [2.75, 3.05) is 16.6 Å². The third-order valence-corrected chi connectivity index (χ3v) is 9.29. The third kappa shape index (κ3) is 7.02. The van der Waals surface area contributed by atoms with Crippen LogP contribution in [0.3, 0.4) is 0 Å². The quantitative estimate of drug-likeness (QED) is 0.243. The number of rotatable bonds is 5. The molecule has 0 saturated carbocycles. The minimum atomic E-state index is -3.97. The van der Waals surface area contributed by atoms with E-state index < -0.39 is 10.0 Å². The van der Waals surface area contributed by atoms with E-state index in [0.29, 0.717) is 29.8 Å². The van der Waals surface area contributed by atoms with Crippen LogP contribution >= 0.6 is 0 Å². The molecule has 8 heteroatoms. The lowest BCUT2D eigenvalue weighted by Crippen LogP contribution is -2.35. The van der Waals surface area contributed by atoms with Crippen LogP contribution in [0.15, 0.2) is 77.7 Å². The van der Waals surface area contributed by atoms with Crippen molar-refractivity contribution >= 4 is 21.7 Å². The molecule has 0 fully saturated rings. The highest BCUT2D eigenvalue weighted by Gasteiger charge is 2.28. The summed E-state index contributed by atoms with van der Waals surface area (Å²) in [4.78, 5) is 9.28. The predicted molar refractivity (Wildman–Crippen MR) is 174 cm³/mol. The fourth-order valence-electron chi connectivity index (χ4n) is 5.75. The van der Waals surface area contributed by atoms with Gasteiger partial charge in [0, 0.05) is 23.2 Å². The van der Waals surface area contributed by atoms with Crippen LogP contribution in [0.1, 0.15) is 69.2 Å². The monoisotopic (exact) mass is 598 g/mol. The smallest absolute Gasteiger partial charge is 0.264 e. The van der Waals surface area contributed by atoms with Gasteiger partial charge in [-0.25, -0.2) is 18.1 Å². The van der Waals surface area contributed by atoms with Crippen molar-refractivity contribution in [2.45, 2.75) is 77.2 Å². The van der Waals surface area contributed by atoms with Gasteiger partial charge < -0.3 is 10.1 Å². The summed E-state index contributed by atoms with van der Waals surface area (Å²) in [6.45, 7) is 15.5. The van der Waals surface area contributed by atoms with E-state index in [0.717, 1.165) is 23.1 Å². The molecule has 7 nitrogen and oxygen atoms in total. The first-order valence-electron chi connectivity index (χ1n) is 14.9. The average Bonchev–Trinajstić information content (AvgIpc) is 2.93. The number of sulfonamides is 1. The number of anilines is 2. The number of nitrogens with one attached hydrogen (secondary N) is 2. The first-order chi connectivity index (χ1) is 20.3. The largest absolute Gasteiger partial charge is 0.475 e. The molecule has 2 heterocycles. The lowest BCUT2D eigenvalue weighted by atomic mass is 9.80. The summed E-state index contributed by atoms with van der Waals surface area (Å²) in [7, 11) is -3.97. The third-order valence-electron chi connectivity index (χ3n) is 7.96. The number of hydrogen-bond donors (Lipinski definition) is 2. The Morgan fingerprint density at radius 1 is 0.930 bits per heavy atom. The van der Waals surface area contributed by atoms with Gasteiger partial charge in [0.25, 0.3) is 10.0 Å². The second-order valence-corrected chi connectivity index (χ2v) is 14.7. The van der Waals surface area contributed by atoms with E-state index in [9.17, 15) is 8.42 Å². The van der Waals surface area contributed by atoms with Gasteiger partial charge in [-0.3, -0.25) is 0 Å². The molecule has 0 amide bonds. The van der Waals surface area contributed by atoms with Gasteiger partial charge in [0.05, 0.1) is 16.6 Å². The van der Waals surface area contributed by atoms with E-state index in [4.69, 9.17) is 4.74 Å². The molecule has 0 saturated heterocycles. The normalized spacial score (nSPS) is 17.1. The maximum absolute atomic E-state index is 13.5. The minimum absolute atomic E-state index is 0.00592. The van der Waals surface area contributed by atoms with Crippen molar-refractivity contribution in [1.29, 1.82) is 0 Å². The number of benzene rings is 3. The van der Waals surface area contributed by atoms with Gasteiger partial charge in [-0.05, 0) is 72.1 Å². The molecule has 2 N–H and O–H groups in total. The molecule has 0 spiro atoms. The lowest BCUT2D eigenvalue weighted by Gasteiger charge is -2.32. The molecule has 2 unspecified atom stereocenters. The first-order valence-corrected chi connectivity index (χ1v) is 16.4. The molecular weight excluding hydrogens is 556 g/mol. The molecule has 1 aliphatic heterocycles. The maximum atomic E-state index is 13.5. The van der Waals surface area contributed by atoms with Gasteiger partial charge in [0.2, 0.25) is 11.8 Å². The van der Waals surface area contributed by atoms with E-state index in [-0.39, 0.29) is 28.2 Å². The summed E-state index contributed by atoms with van der Waals surface area (Å²) in [5.74, 6) is 0.794. The highest BCUT2D eigenvalue weighted by molar-refractivity contribution is 7.92. The zero-order valence-electron chi connectivity index (χ0n) is 26.1. The van der Waals surface area contributed by atoms with Crippen molar-refractivity contribution < 1.29 is 13.2 Å². The Morgan fingerprint density at radius 3 is 2.33 bits per heavy atom. The Balaban J connectivity index is 1.65. The van der Waals surface area contributed by atoms with E-state index in [1.807, 2.05) is 38.1 Å². The maximum Gasteiger partial charge on any atom is 0.264 e. The number of nitrogens with zero attached hydrogens (tertiary/aromatic N) is 2. The summed E-state index contributed by atoms with van der Waals surface area (Å²) in [6.07, 6.45) is 0.914. The molecule has 226 valence electrons. The van der Waals surface area contributed by atoms with Crippen LogP contribution in [0.2, 0.25) is 0 Å². The first kappa shape index (κ1) is 30.5. The van der Waals surface area contributed by atoms with Crippen molar-refractivity contribution in [3.05, 3.63) is 95.1 Å². The van der Waals surface area contributed by atoms with E-state index in [1.54, 1.807) is 24.3 Å². The molecule has 4 aromatic rings. The number of aromatic nitrogens is 2. The molecule has 5 rings (SSSR count). The zero-order chi connectivity index (χ0) is 30.9. The van der Waals surface area contributed by atoms with Gasteiger partial charge in [-0.2, -0.15) is 4.98 Å². The van der Waals surface area contributed by atoms with Gasteiger partial charge in [-0.15, -0.1) is 0 Å². The van der Waals surface area contributed by atoms with Crippen LogP contribution in [0.5, 0.6) is 5.88 Å². The van der Waals surface area contributed by atoms with Gasteiger partial charge in [-0.1, -0.05) is 83.1 Å². The van der Waals surface area contributed by atoms with Crippen LogP contribution in [0.25, 0.3) is 11.3 Å². The van der Waals surface area contributed by atoms with E-state index in [1.165, 1.54) is 11.1 Å². The van der Waals surface area contributed by atoms with Gasteiger partial charge in [0.1, 0.15) is 6.61 Å². The Morgan fingerprint density at radius 2 is 1.63 bits per heavy atom. The number of ether oxygens (including phenoxy) is 1. The molecule has 0 radical (unpaired) electrons. The van der Waals surface area contributed by atoms with Crippen molar-refractivity contribution in [1.82, 2.24) is 9.97 Å². The number of aryl methyl sites for hydroxylation is 2. The molecule has 3 aromatic carbocycles. The number of fused-ring (bicyclic) bond motifs is 4. The topological polar surface area (TPSA) is 93.2 Å². The average molecular weight is 599 g/mol. The summed E-state index contributed by atoms with van der Waals surface area (Å²) in [6, 6.07) is 23.3. The second kappa shape index (κ2) is 12.0. The Bertz CT molecular complexity index is 1710. The Labute approximate surface area is 256 Å². The molecular formula is C35H42N4O3S. The standard InChI is InChI=1S/C35H42N4O3S/c1-22(2)17-29(25-13-9-14-26(18-25)35(5,6)7)31-21-42-32-20-30(33-23(3)11-8-12-24(33)4)37-34(38-32)39-43(40,41)28-16-10-15-27(19-28)36-31/h8-16,18-20,22,29,31,36H,17,21H2,1-7H3,(H,37,38,39). The highest BCUT2D eigenvalue weighted by Crippen LogP contribution is 2.35. The Hall–Kier alpha value is -3.91. The van der Waals surface area contributed by atoms with Crippen LogP contribution in [0.4, 0.5) is 11.6 Å². The minimum Gasteiger partial charge on any atom is -0.475 e. The fourth-order valence-corrected chi connectivity index (χ4v) is 6.74. The summed E-state index contributed by atoms with van der Waals surface area (Å²) in [5.41, 5.74) is 6.79. The number of hydrogen-bond acceptors (Lipinski definition) is 6. The Kier molecular flexibility index (Phi) is 8.52. The van der Waals surface area contributed by atoms with Crippen molar-refractivity contribution in [3.8, 4) is 17.1 Å². The van der Waals surface area contributed by atoms with Crippen LogP contribution in [0, 0.1) is 19.8 Å². The highest BCUT2D eigenvalue weighted by atomic mass is 32.2. The van der Waals surface area contributed by atoms with Crippen LogP contribution in [-0.2, 0) is 15.4 Å². The van der Waals surface area contributed by atoms with Crippen LogP contribution < -0.4 is 14.8 Å². The van der Waals surface area contributed by atoms with Gasteiger partial charge in [0.15, 0.2) is 0 Å². The molecule has 2 atom stereocenters. The van der Waals surface area contributed by atoms with E-state index in [2.05, 4.69) is 78.9 Å². The SMILES string of the molecule is Cc1cccc(C)c1-c1cc2nc(n1)NS(=O)(=O)c1cccc(c1)NC(C(CC(C)C)c1cccc(C(C)(C)C)c1)CO2. The summed E-state index contributed by atoms with van der Waals surface area (Å²) < 4.78 is 36.1. The van der Waals surface area contributed by atoms with Crippen molar-refractivity contribution in [3.63, 3.8) is 0 Å². The predicted octanol–water partition coefficient (Wildman–Crippen LogP) is 7.86. The van der Waals surface area contributed by atoms with Gasteiger partial charge >= 0.3 is 0 Å². The molecule has 4 bridgehead atoms. The van der Waals surface area contributed by atoms with Crippen molar-refractivity contribution in [2.24, 2.45) is 5.92 Å². The lowest BCUT2D eigenvalue weighted by molar-refractivity contribution is 0.261. The second-order valence-electron chi connectivity index (χ2n) is 13.0. The van der Waals surface area contributed by atoms with E-state index >= 15 is 0 Å². The van der Waals surface area contributed by atoms with Crippen LogP contribution in [-0.4, -0.2) is 31.0 Å². The zero-order valence-corrected chi connectivity index (χ0v) is 26.9. The molecule has 43 heavy (non-hydrogen) atoms.